The van der Waals surface area contributed by atoms with E-state index in [1.165, 1.54) is 0 Å². The molecule has 3 N–H and O–H groups in total. The average molecular weight is 462 g/mol. The normalized spacial score (nSPS) is 11.4. The van der Waals surface area contributed by atoms with Crippen molar-refractivity contribution in [2.45, 2.75) is 32.9 Å². The highest BCUT2D eigenvalue weighted by Gasteiger charge is 2.15. The minimum Gasteiger partial charge on any atom is -0.490 e. The predicted octanol–water partition coefficient (Wildman–Crippen LogP) is 5.09. The highest BCUT2D eigenvalue weighted by atomic mass is 32.1. The second-order valence-corrected chi connectivity index (χ2v) is 8.17. The number of para-hydroxylation sites is 1. The number of rotatable bonds is 7. The molecule has 3 aromatic carbocycles. The Morgan fingerprint density at radius 1 is 0.848 bits per heavy atom. The van der Waals surface area contributed by atoms with E-state index < -0.39 is 0 Å². The van der Waals surface area contributed by atoms with Crippen LogP contribution in [0.4, 0.5) is 5.69 Å². The van der Waals surface area contributed by atoms with Crippen LogP contribution in [-0.2, 0) is 0 Å². The summed E-state index contributed by atoms with van der Waals surface area (Å²) >= 11 is 5.30. The average Bonchev–Trinajstić information content (AvgIpc) is 2.79. The fourth-order valence-corrected chi connectivity index (χ4v) is 3.40. The summed E-state index contributed by atoms with van der Waals surface area (Å²) in [5, 5.41) is 8.73. The van der Waals surface area contributed by atoms with Gasteiger partial charge in [0.05, 0.1) is 17.7 Å². The molecule has 170 valence electrons. The molecule has 0 radical (unpaired) electrons. The van der Waals surface area contributed by atoms with Crippen LogP contribution >= 0.6 is 12.2 Å². The van der Waals surface area contributed by atoms with E-state index in [9.17, 15) is 9.59 Å². The van der Waals surface area contributed by atoms with Crippen LogP contribution in [0.25, 0.3) is 0 Å². The number of thiocarbonyl (C=S) groups is 1. The number of ether oxygens (including phenoxy) is 1. The van der Waals surface area contributed by atoms with E-state index in [2.05, 4.69) is 16.0 Å². The van der Waals surface area contributed by atoms with Crippen molar-refractivity contribution in [1.29, 1.82) is 0 Å². The molecule has 0 saturated heterocycles. The Balaban J connectivity index is 1.62. The standard InChI is InChI=1S/C26H27N3O3S/c1-17(2)32-23-15-8-7-14-22(23)25(31)29-26(33)28-21-13-9-12-20(16-21)24(30)27-18(3)19-10-5-4-6-11-19/h4-18H,1-3H3,(H,27,30)(H2,28,29,31,33). The first kappa shape index (κ1) is 23.9. The quantitative estimate of drug-likeness (QED) is 0.427. The topological polar surface area (TPSA) is 79.5 Å². The number of carbonyl (C=O) groups excluding carboxylic acids is 2. The molecule has 0 aromatic heterocycles. The number of hydrogen-bond donors (Lipinski definition) is 3. The Morgan fingerprint density at radius 3 is 2.27 bits per heavy atom. The molecular formula is C26H27N3O3S. The van der Waals surface area contributed by atoms with Gasteiger partial charge >= 0.3 is 0 Å². The summed E-state index contributed by atoms with van der Waals surface area (Å²) in [4.78, 5) is 25.4. The van der Waals surface area contributed by atoms with Gasteiger partial charge in [-0.15, -0.1) is 0 Å². The molecule has 0 heterocycles. The van der Waals surface area contributed by atoms with Crippen LogP contribution < -0.4 is 20.7 Å². The largest absolute Gasteiger partial charge is 0.490 e. The zero-order valence-electron chi connectivity index (χ0n) is 18.8. The van der Waals surface area contributed by atoms with Crippen molar-refractivity contribution in [2.75, 3.05) is 5.32 Å². The van der Waals surface area contributed by atoms with Gasteiger partial charge in [0.2, 0.25) is 0 Å². The molecule has 1 unspecified atom stereocenters. The summed E-state index contributed by atoms with van der Waals surface area (Å²) in [5.41, 5.74) is 2.48. The minimum atomic E-state index is -0.380. The first-order valence-corrected chi connectivity index (χ1v) is 11.1. The minimum absolute atomic E-state index is 0.0671. The van der Waals surface area contributed by atoms with Crippen molar-refractivity contribution in [3.63, 3.8) is 0 Å². The maximum Gasteiger partial charge on any atom is 0.261 e. The third-order valence-corrected chi connectivity index (χ3v) is 4.96. The summed E-state index contributed by atoms with van der Waals surface area (Å²) in [6, 6.07) is 23.5. The monoisotopic (exact) mass is 461 g/mol. The number of nitrogens with one attached hydrogen (secondary N) is 3. The molecule has 0 saturated carbocycles. The van der Waals surface area contributed by atoms with E-state index in [1.54, 1.807) is 48.5 Å². The molecule has 2 amide bonds. The maximum absolute atomic E-state index is 12.7. The Morgan fingerprint density at radius 2 is 1.55 bits per heavy atom. The third kappa shape index (κ3) is 6.89. The Bertz CT molecular complexity index is 1130. The zero-order chi connectivity index (χ0) is 23.8. The van der Waals surface area contributed by atoms with E-state index in [-0.39, 0.29) is 29.1 Å². The number of anilines is 1. The van der Waals surface area contributed by atoms with E-state index in [4.69, 9.17) is 17.0 Å². The molecule has 0 bridgehead atoms. The molecular weight excluding hydrogens is 434 g/mol. The van der Waals surface area contributed by atoms with Crippen LogP contribution in [0.3, 0.4) is 0 Å². The number of hydrogen-bond acceptors (Lipinski definition) is 4. The molecule has 0 spiro atoms. The predicted molar refractivity (Wildman–Crippen MR) is 135 cm³/mol. The van der Waals surface area contributed by atoms with Gasteiger partial charge in [-0.3, -0.25) is 14.9 Å². The van der Waals surface area contributed by atoms with Crippen LogP contribution in [0.1, 0.15) is 53.1 Å². The van der Waals surface area contributed by atoms with Crippen LogP contribution in [0.5, 0.6) is 5.75 Å². The molecule has 0 fully saturated rings. The highest BCUT2D eigenvalue weighted by Crippen LogP contribution is 2.19. The zero-order valence-corrected chi connectivity index (χ0v) is 19.6. The van der Waals surface area contributed by atoms with Gasteiger partial charge in [0.1, 0.15) is 5.75 Å². The van der Waals surface area contributed by atoms with Crippen molar-refractivity contribution < 1.29 is 14.3 Å². The molecule has 7 heteroatoms. The van der Waals surface area contributed by atoms with Gasteiger partial charge < -0.3 is 15.4 Å². The molecule has 6 nitrogen and oxygen atoms in total. The molecule has 1 atom stereocenters. The summed E-state index contributed by atoms with van der Waals surface area (Å²) in [6.07, 6.45) is -0.0671. The summed E-state index contributed by atoms with van der Waals surface area (Å²) in [7, 11) is 0. The lowest BCUT2D eigenvalue weighted by molar-refractivity contribution is 0.0937. The van der Waals surface area contributed by atoms with E-state index in [1.807, 2.05) is 51.1 Å². The number of benzene rings is 3. The van der Waals surface area contributed by atoms with Crippen LogP contribution in [-0.4, -0.2) is 23.0 Å². The summed E-state index contributed by atoms with van der Waals surface area (Å²) in [5.74, 6) is -0.0990. The van der Waals surface area contributed by atoms with E-state index in [0.717, 1.165) is 5.56 Å². The Hall–Kier alpha value is -3.71. The van der Waals surface area contributed by atoms with Crippen molar-refractivity contribution in [1.82, 2.24) is 10.6 Å². The molecule has 0 aliphatic carbocycles. The lowest BCUT2D eigenvalue weighted by Gasteiger charge is -2.16. The molecule has 3 aromatic rings. The smallest absolute Gasteiger partial charge is 0.261 e. The highest BCUT2D eigenvalue weighted by molar-refractivity contribution is 7.80. The fourth-order valence-electron chi connectivity index (χ4n) is 3.19. The second-order valence-electron chi connectivity index (χ2n) is 7.76. The lowest BCUT2D eigenvalue weighted by Crippen LogP contribution is -2.34. The van der Waals surface area contributed by atoms with Gasteiger partial charge in [-0.05, 0) is 68.9 Å². The summed E-state index contributed by atoms with van der Waals surface area (Å²) in [6.45, 7) is 5.72. The van der Waals surface area contributed by atoms with Gasteiger partial charge in [-0.1, -0.05) is 48.5 Å². The van der Waals surface area contributed by atoms with Crippen LogP contribution in [0.2, 0.25) is 0 Å². The Labute approximate surface area is 199 Å². The first-order valence-electron chi connectivity index (χ1n) is 10.7. The molecule has 3 rings (SSSR count). The van der Waals surface area contributed by atoms with Crippen LogP contribution in [0.15, 0.2) is 78.9 Å². The van der Waals surface area contributed by atoms with Crippen molar-refractivity contribution >= 4 is 34.8 Å². The number of amides is 2. The molecule has 33 heavy (non-hydrogen) atoms. The number of carbonyl (C=O) groups is 2. The van der Waals surface area contributed by atoms with Crippen molar-refractivity contribution in [3.8, 4) is 5.75 Å². The van der Waals surface area contributed by atoms with Crippen molar-refractivity contribution in [3.05, 3.63) is 95.6 Å². The van der Waals surface area contributed by atoms with Gasteiger partial charge in [0, 0.05) is 11.3 Å². The fraction of sp³-hybridized carbons (Fsp3) is 0.192. The van der Waals surface area contributed by atoms with Crippen molar-refractivity contribution in [2.24, 2.45) is 0 Å². The van der Waals surface area contributed by atoms with Gasteiger partial charge in [-0.25, -0.2) is 0 Å². The SMILES string of the molecule is CC(C)Oc1ccccc1C(=O)NC(=S)Nc1cccc(C(=O)NC(C)c2ccccc2)c1. The van der Waals surface area contributed by atoms with Gasteiger partial charge in [0.15, 0.2) is 5.11 Å². The lowest BCUT2D eigenvalue weighted by atomic mass is 10.1. The van der Waals surface area contributed by atoms with E-state index >= 15 is 0 Å². The Kier molecular flexibility index (Phi) is 8.16. The second kappa shape index (κ2) is 11.2. The summed E-state index contributed by atoms with van der Waals surface area (Å²) < 4.78 is 5.70. The van der Waals surface area contributed by atoms with Gasteiger partial charge in [-0.2, -0.15) is 0 Å². The third-order valence-electron chi connectivity index (χ3n) is 4.75. The molecule has 0 aliphatic rings. The van der Waals surface area contributed by atoms with Gasteiger partial charge in [0.25, 0.3) is 11.8 Å². The van der Waals surface area contributed by atoms with Crippen LogP contribution in [0, 0.1) is 0 Å². The molecule has 0 aliphatic heterocycles. The first-order chi connectivity index (χ1) is 15.8. The maximum atomic E-state index is 12.7. The van der Waals surface area contributed by atoms with E-state index in [0.29, 0.717) is 22.6 Å².